The Balaban J connectivity index is 1.16. The number of hydrogen-bond acceptors (Lipinski definition) is 4. The highest BCUT2D eigenvalue weighted by Gasteiger charge is 2.37. The van der Waals surface area contributed by atoms with E-state index in [9.17, 15) is 9.59 Å². The summed E-state index contributed by atoms with van der Waals surface area (Å²) in [4.78, 5) is 27.5. The Kier molecular flexibility index (Phi) is 5.71. The third-order valence-corrected chi connectivity index (χ3v) is 7.37. The van der Waals surface area contributed by atoms with Gasteiger partial charge in [-0.2, -0.15) is 0 Å². The highest BCUT2D eigenvalue weighted by Crippen LogP contribution is 2.35. The highest BCUT2D eigenvalue weighted by molar-refractivity contribution is 5.77. The van der Waals surface area contributed by atoms with Crippen molar-refractivity contribution in [2.24, 2.45) is 5.92 Å². The van der Waals surface area contributed by atoms with Crippen LogP contribution in [0.25, 0.3) is 0 Å². The molecular weight excluding hydrogens is 392 g/mol. The molecule has 1 amide bonds. The second kappa shape index (κ2) is 8.63. The van der Waals surface area contributed by atoms with Gasteiger partial charge in [-0.3, -0.25) is 9.59 Å². The van der Waals surface area contributed by atoms with Gasteiger partial charge in [-0.05, 0) is 43.4 Å². The van der Waals surface area contributed by atoms with Crippen LogP contribution in [0, 0.1) is 5.92 Å². The number of ether oxygens (including phenoxy) is 1. The quantitative estimate of drug-likeness (QED) is 0.768. The van der Waals surface area contributed by atoms with E-state index < -0.39 is 0 Å². The molecule has 2 saturated heterocycles. The summed E-state index contributed by atoms with van der Waals surface area (Å²) in [5.41, 5.74) is 1.12. The molecule has 2 bridgehead atoms. The van der Waals surface area contributed by atoms with Gasteiger partial charge in [0.1, 0.15) is 0 Å². The van der Waals surface area contributed by atoms with E-state index >= 15 is 0 Å². The normalized spacial score (nSPS) is 25.0. The monoisotopic (exact) mass is 424 g/mol. The van der Waals surface area contributed by atoms with Crippen molar-refractivity contribution >= 4 is 5.91 Å². The maximum atomic E-state index is 12.8. The molecule has 2 atom stereocenters. The maximum Gasteiger partial charge on any atom is 0.250 e. The number of piperidine rings is 1. The second-order valence-electron chi connectivity index (χ2n) is 9.41. The van der Waals surface area contributed by atoms with Crippen LogP contribution in [0.4, 0.5) is 0 Å². The number of hydrogen-bond donors (Lipinski definition) is 1. The molecule has 5 heterocycles. The molecule has 31 heavy (non-hydrogen) atoms. The van der Waals surface area contributed by atoms with Crippen molar-refractivity contribution in [1.82, 2.24) is 19.4 Å². The summed E-state index contributed by atoms with van der Waals surface area (Å²) in [7, 11) is 0. The molecule has 0 spiro atoms. The lowest BCUT2D eigenvalue weighted by atomic mass is 9.83. The Morgan fingerprint density at radius 2 is 1.90 bits per heavy atom. The van der Waals surface area contributed by atoms with Gasteiger partial charge in [0.15, 0.2) is 0 Å². The molecule has 0 saturated carbocycles. The zero-order valence-electron chi connectivity index (χ0n) is 18.0. The molecule has 2 aromatic heterocycles. The predicted octanol–water partition coefficient (Wildman–Crippen LogP) is 1.78. The minimum absolute atomic E-state index is 0.115. The van der Waals surface area contributed by atoms with E-state index in [1.54, 1.807) is 6.07 Å². The van der Waals surface area contributed by atoms with Gasteiger partial charge in [0, 0.05) is 76.0 Å². The molecular formula is C24H32N4O3. The largest absolute Gasteiger partial charge is 0.381 e. The van der Waals surface area contributed by atoms with Crippen LogP contribution in [0.5, 0.6) is 0 Å². The molecule has 2 unspecified atom stereocenters. The Bertz CT molecular complexity index is 961. The number of carbonyl (C=O) groups excluding carboxylic acids is 1. The third-order valence-electron chi connectivity index (χ3n) is 7.37. The molecule has 1 N–H and O–H groups in total. The Hall–Kier alpha value is -2.38. The fourth-order valence-corrected chi connectivity index (χ4v) is 5.82. The van der Waals surface area contributed by atoms with Gasteiger partial charge >= 0.3 is 0 Å². The second-order valence-corrected chi connectivity index (χ2v) is 9.41. The van der Waals surface area contributed by atoms with Gasteiger partial charge in [-0.15, -0.1) is 0 Å². The highest BCUT2D eigenvalue weighted by atomic mass is 16.5. The van der Waals surface area contributed by atoms with E-state index in [4.69, 9.17) is 4.74 Å². The van der Waals surface area contributed by atoms with E-state index in [1.165, 1.54) is 5.69 Å². The molecule has 7 heteroatoms. The van der Waals surface area contributed by atoms with Gasteiger partial charge in [-0.25, -0.2) is 0 Å². The van der Waals surface area contributed by atoms with Gasteiger partial charge in [0.05, 0.1) is 12.0 Å². The first-order chi connectivity index (χ1) is 15.1. The Morgan fingerprint density at radius 1 is 1.10 bits per heavy atom. The van der Waals surface area contributed by atoms with Crippen LogP contribution in [0.2, 0.25) is 0 Å². The molecule has 166 valence electrons. The molecule has 3 aliphatic heterocycles. The van der Waals surface area contributed by atoms with Crippen LogP contribution in [0.1, 0.15) is 37.3 Å². The topological polar surface area (TPSA) is 68.5 Å². The van der Waals surface area contributed by atoms with Crippen molar-refractivity contribution in [2.75, 3.05) is 39.4 Å². The van der Waals surface area contributed by atoms with Crippen molar-refractivity contribution in [3.8, 4) is 0 Å². The average Bonchev–Trinajstić information content (AvgIpc) is 3.31. The number of nitrogens with zero attached hydrogens (tertiary/aromatic N) is 3. The molecule has 2 fully saturated rings. The van der Waals surface area contributed by atoms with Gasteiger partial charge in [0.25, 0.3) is 5.56 Å². The maximum absolute atomic E-state index is 12.8. The van der Waals surface area contributed by atoms with Crippen LogP contribution in [-0.4, -0.2) is 59.3 Å². The summed E-state index contributed by atoms with van der Waals surface area (Å²) in [6.07, 6.45) is 7.51. The first-order valence-electron chi connectivity index (χ1n) is 11.5. The SMILES string of the molecule is O=C(CC1(n2cccc2)CCOCC1)NCCN1CC2CC(C1)c1cccc(=O)n1C2. The van der Waals surface area contributed by atoms with Crippen molar-refractivity contribution < 1.29 is 9.53 Å². The summed E-state index contributed by atoms with van der Waals surface area (Å²) >= 11 is 0. The van der Waals surface area contributed by atoms with E-state index in [2.05, 4.69) is 33.2 Å². The molecule has 0 aliphatic carbocycles. The van der Waals surface area contributed by atoms with Crippen molar-refractivity contribution in [2.45, 2.75) is 43.7 Å². The minimum Gasteiger partial charge on any atom is -0.381 e. The Morgan fingerprint density at radius 3 is 2.71 bits per heavy atom. The third kappa shape index (κ3) is 4.21. The van der Waals surface area contributed by atoms with E-state index in [-0.39, 0.29) is 17.0 Å². The van der Waals surface area contributed by atoms with Gasteiger partial charge < -0.3 is 24.1 Å². The number of amides is 1. The molecule has 0 aromatic carbocycles. The standard InChI is InChI=1S/C24H32N4O3/c29-22(15-24(6-12-31-13-7-24)27-9-1-2-10-27)25-8-11-26-16-19-14-20(18-26)21-4-3-5-23(30)28(21)17-19/h1-5,9-10,19-20H,6-8,11-18H2,(H,25,29). The van der Waals surface area contributed by atoms with Crippen LogP contribution < -0.4 is 10.9 Å². The van der Waals surface area contributed by atoms with E-state index in [1.807, 2.05) is 22.8 Å². The van der Waals surface area contributed by atoms with Gasteiger partial charge in [-0.1, -0.05) is 6.07 Å². The van der Waals surface area contributed by atoms with E-state index in [0.29, 0.717) is 38.0 Å². The zero-order valence-corrected chi connectivity index (χ0v) is 18.0. The summed E-state index contributed by atoms with van der Waals surface area (Å²) in [5.74, 6) is 1.04. The summed E-state index contributed by atoms with van der Waals surface area (Å²) < 4.78 is 9.72. The fraction of sp³-hybridized carbons (Fsp3) is 0.583. The first kappa shape index (κ1) is 20.5. The number of nitrogens with one attached hydrogen (secondary N) is 1. The van der Waals surface area contributed by atoms with Crippen LogP contribution in [0.3, 0.4) is 0 Å². The number of carbonyl (C=O) groups is 1. The summed E-state index contributed by atoms with van der Waals surface area (Å²) in [6.45, 7) is 5.70. The summed E-state index contributed by atoms with van der Waals surface area (Å²) in [5, 5.41) is 3.17. The fourth-order valence-electron chi connectivity index (χ4n) is 5.82. The number of rotatable bonds is 6. The van der Waals surface area contributed by atoms with Crippen molar-refractivity contribution in [3.05, 3.63) is 58.8 Å². The molecule has 2 aromatic rings. The predicted molar refractivity (Wildman–Crippen MR) is 118 cm³/mol. The van der Waals surface area contributed by atoms with Crippen LogP contribution in [-0.2, 0) is 21.6 Å². The Labute approximate surface area is 183 Å². The molecule has 3 aliphatic rings. The number of fused-ring (bicyclic) bond motifs is 4. The minimum atomic E-state index is -0.176. The molecule has 7 nitrogen and oxygen atoms in total. The number of pyridine rings is 1. The lowest BCUT2D eigenvalue weighted by Gasteiger charge is -2.42. The smallest absolute Gasteiger partial charge is 0.250 e. The van der Waals surface area contributed by atoms with Crippen molar-refractivity contribution in [1.29, 1.82) is 0 Å². The lowest BCUT2D eigenvalue weighted by Crippen LogP contribution is -2.49. The summed E-state index contributed by atoms with van der Waals surface area (Å²) in [6, 6.07) is 9.69. The molecule has 0 radical (unpaired) electrons. The number of aromatic nitrogens is 2. The zero-order chi connectivity index (χ0) is 21.3. The van der Waals surface area contributed by atoms with Gasteiger partial charge in [0.2, 0.25) is 5.91 Å². The van der Waals surface area contributed by atoms with Crippen LogP contribution >= 0.6 is 0 Å². The average molecular weight is 425 g/mol. The van der Waals surface area contributed by atoms with E-state index in [0.717, 1.165) is 45.4 Å². The van der Waals surface area contributed by atoms with Crippen LogP contribution in [0.15, 0.2) is 47.5 Å². The first-order valence-corrected chi connectivity index (χ1v) is 11.5. The lowest BCUT2D eigenvalue weighted by molar-refractivity contribution is -0.124. The van der Waals surface area contributed by atoms with Crippen molar-refractivity contribution in [3.63, 3.8) is 0 Å². The number of likely N-dealkylation sites (tertiary alicyclic amines) is 1. The molecule has 5 rings (SSSR count).